The van der Waals surface area contributed by atoms with Crippen LogP contribution in [0.25, 0.3) is 10.8 Å². The Bertz CT molecular complexity index is 1480. The van der Waals surface area contributed by atoms with Gasteiger partial charge in [-0.15, -0.1) is 0 Å². The molecular weight excluding hydrogens is 494 g/mol. The molecule has 0 aromatic carbocycles. The summed E-state index contributed by atoms with van der Waals surface area (Å²) in [5.74, 6) is 1.15. The molecule has 196 valence electrons. The predicted octanol–water partition coefficient (Wildman–Crippen LogP) is 3.58. The Hall–Kier alpha value is -3.31. The van der Waals surface area contributed by atoms with E-state index in [4.69, 9.17) is 15.2 Å². The van der Waals surface area contributed by atoms with Crippen molar-refractivity contribution >= 4 is 38.2 Å². The van der Waals surface area contributed by atoms with Crippen LogP contribution >= 0.6 is 0 Å². The lowest BCUT2D eigenvalue weighted by atomic mass is 9.88. The van der Waals surface area contributed by atoms with Crippen LogP contribution in [0.3, 0.4) is 0 Å². The van der Waals surface area contributed by atoms with Crippen molar-refractivity contribution in [1.82, 2.24) is 15.0 Å². The topological polar surface area (TPSA) is 146 Å². The maximum atomic E-state index is 12.1. The van der Waals surface area contributed by atoms with Crippen LogP contribution < -0.4 is 15.8 Å². The van der Waals surface area contributed by atoms with Crippen molar-refractivity contribution in [3.8, 4) is 5.88 Å². The van der Waals surface area contributed by atoms with E-state index in [-0.39, 0.29) is 23.2 Å². The van der Waals surface area contributed by atoms with Crippen molar-refractivity contribution in [3.05, 3.63) is 47.4 Å². The molecule has 37 heavy (non-hydrogen) atoms. The molecular formula is C26H31N5O5S. The van der Waals surface area contributed by atoms with E-state index in [0.717, 1.165) is 10.9 Å². The molecule has 4 heterocycles. The van der Waals surface area contributed by atoms with Crippen molar-refractivity contribution in [2.45, 2.75) is 62.8 Å². The smallest absolute Gasteiger partial charge is 0.340 e. The van der Waals surface area contributed by atoms with Crippen LogP contribution in [0.1, 0.15) is 67.6 Å². The second-order valence-corrected chi connectivity index (χ2v) is 12.6. The van der Waals surface area contributed by atoms with Crippen molar-refractivity contribution in [2.24, 2.45) is 5.73 Å². The van der Waals surface area contributed by atoms with E-state index in [1.165, 1.54) is 6.26 Å². The highest BCUT2D eigenvalue weighted by molar-refractivity contribution is 7.91. The number of rotatable bonds is 7. The van der Waals surface area contributed by atoms with E-state index in [9.17, 15) is 13.2 Å². The number of nitrogens with zero attached hydrogens (tertiary/aromatic N) is 3. The molecule has 2 atom stereocenters. The third kappa shape index (κ3) is 4.85. The molecule has 0 bridgehead atoms. The Kier molecular flexibility index (Phi) is 6.31. The number of cyclic esters (lactones) is 1. The average molecular weight is 526 g/mol. The van der Waals surface area contributed by atoms with Crippen LogP contribution in [0, 0.1) is 0 Å². The number of anilines is 2. The number of nitrogens with one attached hydrogen (secondary N) is 1. The molecule has 3 aromatic rings. The first-order valence-corrected chi connectivity index (χ1v) is 14.3. The zero-order chi connectivity index (χ0) is 26.5. The average Bonchev–Trinajstić information content (AvgIpc) is 2.82. The number of fused-ring (bicyclic) bond motifs is 2. The van der Waals surface area contributed by atoms with Crippen LogP contribution in [0.5, 0.6) is 5.88 Å². The molecule has 0 saturated heterocycles. The highest BCUT2D eigenvalue weighted by atomic mass is 32.2. The number of aromatic nitrogens is 3. The summed E-state index contributed by atoms with van der Waals surface area (Å²) in [6.45, 7) is 6.23. The number of esters is 1. The fourth-order valence-electron chi connectivity index (χ4n) is 4.62. The summed E-state index contributed by atoms with van der Waals surface area (Å²) in [5, 5.41) is 4.40. The fourth-order valence-corrected chi connectivity index (χ4v) is 5.75. The zero-order valence-corrected chi connectivity index (χ0v) is 22.1. The van der Waals surface area contributed by atoms with E-state index in [2.05, 4.69) is 20.3 Å². The summed E-state index contributed by atoms with van der Waals surface area (Å²) < 4.78 is 34.8. The summed E-state index contributed by atoms with van der Waals surface area (Å²) in [7, 11) is -3.08. The molecule has 1 saturated carbocycles. The Morgan fingerprint density at radius 1 is 1.19 bits per heavy atom. The van der Waals surface area contributed by atoms with Crippen molar-refractivity contribution in [1.29, 1.82) is 0 Å². The molecule has 0 amide bonds. The molecule has 3 aromatic heterocycles. The first-order chi connectivity index (χ1) is 17.5. The Balaban J connectivity index is 1.48. The highest BCUT2D eigenvalue weighted by Gasteiger charge is 2.38. The first-order valence-electron chi connectivity index (χ1n) is 12.3. The van der Waals surface area contributed by atoms with Gasteiger partial charge >= 0.3 is 5.97 Å². The summed E-state index contributed by atoms with van der Waals surface area (Å²) >= 11 is 0. The van der Waals surface area contributed by atoms with Gasteiger partial charge in [0.2, 0.25) is 5.88 Å². The largest absolute Gasteiger partial charge is 0.474 e. The standard InChI is InChI=1S/C26H31N5O5S/c1-5-26(3,27)20-12-29-24(36-15-8-16(9-15)37(4,33)34)19-11-28-22(10-18(19)20)30-21-7-6-17-23(31-21)14(2)13-35-25(17)32/h6-7,10-12,14-16H,5,8-9,13,27H2,1-4H3,(H,28,30,31)/t14-,15-,16+,26?/m1/s1. The number of carbonyl (C=O) groups excluding carboxylic acids is 1. The minimum atomic E-state index is -3.08. The summed E-state index contributed by atoms with van der Waals surface area (Å²) in [5.41, 5.74) is 7.99. The third-order valence-electron chi connectivity index (χ3n) is 7.35. The van der Waals surface area contributed by atoms with Crippen molar-refractivity contribution in [3.63, 3.8) is 0 Å². The second kappa shape index (κ2) is 9.21. The summed E-state index contributed by atoms with van der Waals surface area (Å²) in [6.07, 6.45) is 6.01. The molecule has 0 spiro atoms. The minimum absolute atomic E-state index is 0.00676. The molecule has 1 fully saturated rings. The molecule has 0 radical (unpaired) electrons. The van der Waals surface area contributed by atoms with Gasteiger partial charge in [-0.05, 0) is 42.5 Å². The number of ether oxygens (including phenoxy) is 2. The van der Waals surface area contributed by atoms with Crippen LogP contribution in [-0.4, -0.2) is 53.6 Å². The fraction of sp³-hybridized carbons (Fsp3) is 0.462. The number of sulfone groups is 1. The van der Waals surface area contributed by atoms with Gasteiger partial charge in [0.25, 0.3) is 0 Å². The Morgan fingerprint density at radius 2 is 1.95 bits per heavy atom. The van der Waals surface area contributed by atoms with E-state index in [1.807, 2.05) is 26.8 Å². The van der Waals surface area contributed by atoms with Gasteiger partial charge in [0.1, 0.15) is 17.7 Å². The van der Waals surface area contributed by atoms with E-state index in [1.54, 1.807) is 24.5 Å². The van der Waals surface area contributed by atoms with E-state index in [0.29, 0.717) is 60.0 Å². The minimum Gasteiger partial charge on any atom is -0.474 e. The molecule has 11 heteroatoms. The molecule has 5 rings (SSSR count). The normalized spacial score (nSPS) is 22.9. The number of hydrogen-bond acceptors (Lipinski definition) is 10. The maximum Gasteiger partial charge on any atom is 0.340 e. The third-order valence-corrected chi connectivity index (χ3v) is 8.95. The monoisotopic (exact) mass is 525 g/mol. The van der Waals surface area contributed by atoms with Gasteiger partial charge in [0.15, 0.2) is 9.84 Å². The Morgan fingerprint density at radius 3 is 2.65 bits per heavy atom. The second-order valence-electron chi connectivity index (χ2n) is 10.3. The molecule has 1 aliphatic heterocycles. The number of pyridine rings is 3. The first kappa shape index (κ1) is 25.3. The lowest BCUT2D eigenvalue weighted by Gasteiger charge is -2.34. The summed E-state index contributed by atoms with van der Waals surface area (Å²) in [6, 6.07) is 5.32. The SMILES string of the molecule is CCC(C)(N)c1cnc(O[C@H]2C[C@@H](S(C)(=O)=O)C2)c2cnc(Nc3ccc4c(n3)[C@H](C)COC4=O)cc12. The molecule has 2 aliphatic rings. The maximum absolute atomic E-state index is 12.1. The van der Waals surface area contributed by atoms with Crippen molar-refractivity contribution < 1.29 is 22.7 Å². The predicted molar refractivity (Wildman–Crippen MR) is 140 cm³/mol. The van der Waals surface area contributed by atoms with Gasteiger partial charge in [-0.25, -0.2) is 28.2 Å². The van der Waals surface area contributed by atoms with Crippen LogP contribution in [0.2, 0.25) is 0 Å². The molecule has 10 nitrogen and oxygen atoms in total. The van der Waals surface area contributed by atoms with Crippen LogP contribution in [0.15, 0.2) is 30.6 Å². The van der Waals surface area contributed by atoms with Gasteiger partial charge < -0.3 is 20.5 Å². The molecule has 1 aliphatic carbocycles. The molecule has 3 N–H and O–H groups in total. The van der Waals surface area contributed by atoms with Crippen LogP contribution in [0.4, 0.5) is 11.6 Å². The Labute approximate surface area is 215 Å². The summed E-state index contributed by atoms with van der Waals surface area (Å²) in [4.78, 5) is 25.8. The lowest BCUT2D eigenvalue weighted by Crippen LogP contribution is -2.42. The quantitative estimate of drug-likeness (QED) is 0.439. The van der Waals surface area contributed by atoms with E-state index < -0.39 is 15.4 Å². The number of carbonyl (C=O) groups is 1. The van der Waals surface area contributed by atoms with Gasteiger partial charge in [0.05, 0.1) is 28.5 Å². The number of nitrogens with two attached hydrogens (primary N) is 1. The zero-order valence-electron chi connectivity index (χ0n) is 21.3. The van der Waals surface area contributed by atoms with E-state index >= 15 is 0 Å². The van der Waals surface area contributed by atoms with Gasteiger partial charge in [0, 0.05) is 42.9 Å². The van der Waals surface area contributed by atoms with Gasteiger partial charge in [-0.3, -0.25) is 0 Å². The number of hydrogen-bond donors (Lipinski definition) is 2. The van der Waals surface area contributed by atoms with Crippen LogP contribution in [-0.2, 0) is 20.1 Å². The van der Waals surface area contributed by atoms with Gasteiger partial charge in [-0.1, -0.05) is 13.8 Å². The highest BCUT2D eigenvalue weighted by Crippen LogP contribution is 2.37. The van der Waals surface area contributed by atoms with Crippen molar-refractivity contribution in [2.75, 3.05) is 18.2 Å². The van der Waals surface area contributed by atoms with Gasteiger partial charge in [-0.2, -0.15) is 0 Å². The lowest BCUT2D eigenvalue weighted by molar-refractivity contribution is 0.0445. The molecule has 1 unspecified atom stereocenters.